The van der Waals surface area contributed by atoms with Crippen LogP contribution >= 0.6 is 0 Å². The molecule has 0 aliphatic rings. The summed E-state index contributed by atoms with van der Waals surface area (Å²) in [5, 5.41) is 6.16. The molecule has 1 aromatic carbocycles. The molecule has 0 atom stereocenters. The van der Waals surface area contributed by atoms with Gasteiger partial charge in [-0.2, -0.15) is 0 Å². The van der Waals surface area contributed by atoms with E-state index >= 15 is 0 Å². The van der Waals surface area contributed by atoms with E-state index in [4.69, 9.17) is 5.73 Å². The Bertz CT molecular complexity index is 465. The van der Waals surface area contributed by atoms with Crippen LogP contribution in [0.3, 0.4) is 0 Å². The lowest BCUT2D eigenvalue weighted by molar-refractivity contribution is 0.101. The first-order valence-electron chi connectivity index (χ1n) is 4.33. The van der Waals surface area contributed by atoms with Crippen molar-refractivity contribution in [3.63, 3.8) is 0 Å². The predicted octanol–water partition coefficient (Wildman–Crippen LogP) is 1.51. The van der Waals surface area contributed by atoms with Crippen molar-refractivity contribution in [3.05, 3.63) is 42.3 Å². The SMILES string of the molecule is Nc1cccc(NC(=O)c2ccon2)c1. The zero-order chi connectivity index (χ0) is 10.7. The topological polar surface area (TPSA) is 81.1 Å². The van der Waals surface area contributed by atoms with Crippen molar-refractivity contribution in [1.82, 2.24) is 5.16 Å². The molecule has 0 fully saturated rings. The van der Waals surface area contributed by atoms with E-state index in [1.165, 1.54) is 12.3 Å². The number of nitrogens with zero attached hydrogens (tertiary/aromatic N) is 1. The summed E-state index contributed by atoms with van der Waals surface area (Å²) in [4.78, 5) is 11.5. The highest BCUT2D eigenvalue weighted by Crippen LogP contribution is 2.12. The number of nitrogen functional groups attached to an aromatic ring is 1. The lowest BCUT2D eigenvalue weighted by Crippen LogP contribution is -2.12. The van der Waals surface area contributed by atoms with Gasteiger partial charge in [0.05, 0.1) is 0 Å². The third kappa shape index (κ3) is 2.14. The summed E-state index contributed by atoms with van der Waals surface area (Å²) in [6.45, 7) is 0. The Morgan fingerprint density at radius 3 is 2.93 bits per heavy atom. The zero-order valence-electron chi connectivity index (χ0n) is 7.81. The molecule has 0 saturated carbocycles. The second kappa shape index (κ2) is 3.83. The van der Waals surface area contributed by atoms with Gasteiger partial charge in [0, 0.05) is 17.4 Å². The molecule has 5 nitrogen and oxygen atoms in total. The standard InChI is InChI=1S/C10H9N3O2/c11-7-2-1-3-8(6-7)12-10(14)9-4-5-15-13-9/h1-6H,11H2,(H,12,14). The second-order valence-electron chi connectivity index (χ2n) is 2.96. The van der Waals surface area contributed by atoms with Crippen molar-refractivity contribution in [2.45, 2.75) is 0 Å². The van der Waals surface area contributed by atoms with Crippen molar-refractivity contribution < 1.29 is 9.32 Å². The normalized spacial score (nSPS) is 9.87. The maximum atomic E-state index is 11.5. The Morgan fingerprint density at radius 1 is 1.40 bits per heavy atom. The molecule has 5 heteroatoms. The van der Waals surface area contributed by atoms with Gasteiger partial charge in [-0.05, 0) is 18.2 Å². The largest absolute Gasteiger partial charge is 0.399 e. The first-order chi connectivity index (χ1) is 7.25. The number of rotatable bonds is 2. The molecule has 0 bridgehead atoms. The summed E-state index contributed by atoms with van der Waals surface area (Å²) in [6, 6.07) is 8.40. The lowest BCUT2D eigenvalue weighted by Gasteiger charge is -2.02. The fourth-order valence-electron chi connectivity index (χ4n) is 1.14. The molecule has 1 aromatic heterocycles. The Kier molecular flexibility index (Phi) is 2.37. The van der Waals surface area contributed by atoms with Crippen LogP contribution in [0.2, 0.25) is 0 Å². The number of anilines is 2. The number of aromatic nitrogens is 1. The number of amides is 1. The molecule has 0 aliphatic carbocycles. The molecule has 0 radical (unpaired) electrons. The Labute approximate surface area is 85.9 Å². The zero-order valence-corrected chi connectivity index (χ0v) is 7.81. The Hall–Kier alpha value is -2.30. The van der Waals surface area contributed by atoms with Crippen LogP contribution in [0.5, 0.6) is 0 Å². The average molecular weight is 203 g/mol. The van der Waals surface area contributed by atoms with E-state index in [9.17, 15) is 4.79 Å². The highest BCUT2D eigenvalue weighted by molar-refractivity contribution is 6.02. The van der Waals surface area contributed by atoms with Gasteiger partial charge in [-0.1, -0.05) is 11.2 Å². The summed E-state index contributed by atoms with van der Waals surface area (Å²) < 4.78 is 4.56. The molecule has 0 unspecified atom stereocenters. The van der Waals surface area contributed by atoms with Gasteiger partial charge in [-0.3, -0.25) is 4.79 Å². The van der Waals surface area contributed by atoms with E-state index < -0.39 is 0 Å². The van der Waals surface area contributed by atoms with Gasteiger partial charge in [0.1, 0.15) is 6.26 Å². The van der Waals surface area contributed by atoms with E-state index in [0.717, 1.165) is 0 Å². The van der Waals surface area contributed by atoms with Crippen LogP contribution in [-0.4, -0.2) is 11.1 Å². The molecule has 1 amide bonds. The molecule has 3 N–H and O–H groups in total. The number of nitrogens with one attached hydrogen (secondary N) is 1. The van der Waals surface area contributed by atoms with Crippen LogP contribution < -0.4 is 11.1 Å². The summed E-state index contributed by atoms with van der Waals surface area (Å²) in [6.07, 6.45) is 1.34. The van der Waals surface area contributed by atoms with E-state index in [-0.39, 0.29) is 11.6 Å². The molecule has 76 valence electrons. The van der Waals surface area contributed by atoms with Gasteiger partial charge in [-0.15, -0.1) is 0 Å². The summed E-state index contributed by atoms with van der Waals surface area (Å²) >= 11 is 0. The smallest absolute Gasteiger partial charge is 0.277 e. The summed E-state index contributed by atoms with van der Waals surface area (Å²) in [7, 11) is 0. The predicted molar refractivity (Wildman–Crippen MR) is 55.3 cm³/mol. The maximum Gasteiger partial charge on any atom is 0.277 e. The monoisotopic (exact) mass is 203 g/mol. The number of hydrogen-bond donors (Lipinski definition) is 2. The number of nitrogens with two attached hydrogens (primary N) is 1. The molecule has 15 heavy (non-hydrogen) atoms. The maximum absolute atomic E-state index is 11.5. The molecular formula is C10H9N3O2. The van der Waals surface area contributed by atoms with Crippen LogP contribution in [0.15, 0.2) is 41.1 Å². The van der Waals surface area contributed by atoms with E-state index in [1.807, 2.05) is 0 Å². The van der Waals surface area contributed by atoms with Crippen LogP contribution in [0.1, 0.15) is 10.5 Å². The molecule has 0 aliphatic heterocycles. The summed E-state index contributed by atoms with van der Waals surface area (Å²) in [5.74, 6) is -0.325. The minimum absolute atomic E-state index is 0.234. The molecule has 0 saturated heterocycles. The highest BCUT2D eigenvalue weighted by Gasteiger charge is 2.08. The fourth-order valence-corrected chi connectivity index (χ4v) is 1.14. The third-order valence-electron chi connectivity index (χ3n) is 1.81. The summed E-state index contributed by atoms with van der Waals surface area (Å²) in [5.41, 5.74) is 7.02. The van der Waals surface area contributed by atoms with E-state index in [2.05, 4.69) is 15.0 Å². The van der Waals surface area contributed by atoms with Crippen LogP contribution in [0.4, 0.5) is 11.4 Å². The second-order valence-corrected chi connectivity index (χ2v) is 2.96. The fraction of sp³-hybridized carbons (Fsp3) is 0. The van der Waals surface area contributed by atoms with Crippen molar-refractivity contribution >= 4 is 17.3 Å². The molecule has 0 spiro atoms. The molecule has 2 rings (SSSR count). The van der Waals surface area contributed by atoms with Crippen LogP contribution in [0, 0.1) is 0 Å². The van der Waals surface area contributed by atoms with E-state index in [0.29, 0.717) is 11.4 Å². The first-order valence-corrected chi connectivity index (χ1v) is 4.33. The molecule has 1 heterocycles. The number of benzene rings is 1. The molecule has 2 aromatic rings. The third-order valence-corrected chi connectivity index (χ3v) is 1.81. The van der Waals surface area contributed by atoms with E-state index in [1.54, 1.807) is 24.3 Å². The van der Waals surface area contributed by atoms with Gasteiger partial charge in [0.2, 0.25) is 0 Å². The number of hydrogen-bond acceptors (Lipinski definition) is 4. The Morgan fingerprint density at radius 2 is 2.27 bits per heavy atom. The van der Waals surface area contributed by atoms with Crippen molar-refractivity contribution in [1.29, 1.82) is 0 Å². The number of carbonyl (C=O) groups excluding carboxylic acids is 1. The van der Waals surface area contributed by atoms with Crippen LogP contribution in [-0.2, 0) is 0 Å². The van der Waals surface area contributed by atoms with Crippen molar-refractivity contribution in [2.24, 2.45) is 0 Å². The minimum atomic E-state index is -0.325. The van der Waals surface area contributed by atoms with Crippen molar-refractivity contribution in [3.8, 4) is 0 Å². The quantitative estimate of drug-likeness (QED) is 0.725. The van der Waals surface area contributed by atoms with Gasteiger partial charge >= 0.3 is 0 Å². The average Bonchev–Trinajstić information content (AvgIpc) is 2.70. The van der Waals surface area contributed by atoms with Gasteiger partial charge < -0.3 is 15.6 Å². The first kappa shape index (κ1) is 9.26. The van der Waals surface area contributed by atoms with Gasteiger partial charge in [0.25, 0.3) is 5.91 Å². The van der Waals surface area contributed by atoms with Crippen LogP contribution in [0.25, 0.3) is 0 Å². The molecular weight excluding hydrogens is 194 g/mol. The van der Waals surface area contributed by atoms with Crippen molar-refractivity contribution in [2.75, 3.05) is 11.1 Å². The minimum Gasteiger partial charge on any atom is -0.399 e. The van der Waals surface area contributed by atoms with Gasteiger partial charge in [0.15, 0.2) is 5.69 Å². The van der Waals surface area contributed by atoms with Gasteiger partial charge in [-0.25, -0.2) is 0 Å². The Balaban J connectivity index is 2.13. The lowest BCUT2D eigenvalue weighted by atomic mass is 10.3. The highest BCUT2D eigenvalue weighted by atomic mass is 16.5. The number of carbonyl (C=O) groups is 1.